The summed E-state index contributed by atoms with van der Waals surface area (Å²) in [6, 6.07) is 8.05. The molecule has 2 rings (SSSR count). The Morgan fingerprint density at radius 3 is 2.87 bits per heavy atom. The van der Waals surface area contributed by atoms with Crippen LogP contribution in [0.3, 0.4) is 0 Å². The number of nitrogens with zero attached hydrogens (tertiary/aromatic N) is 1. The number of aromatic nitrogens is 1. The minimum atomic E-state index is -0.125. The number of amides is 1. The molecular weight excluding hydrogens is 308 g/mol. The molecule has 0 aliphatic carbocycles. The first-order valence-corrected chi connectivity index (χ1v) is 8.48. The zero-order valence-electron chi connectivity index (χ0n) is 13.7. The number of ether oxygens (including phenoxy) is 1. The van der Waals surface area contributed by atoms with Gasteiger partial charge in [0.2, 0.25) is 5.91 Å². The molecule has 0 spiro atoms. The fraction of sp³-hybridized carbons (Fsp3) is 0.333. The van der Waals surface area contributed by atoms with E-state index in [1.165, 1.54) is 6.08 Å². The molecule has 0 saturated heterocycles. The lowest BCUT2D eigenvalue weighted by molar-refractivity contribution is -0.116. The lowest BCUT2D eigenvalue weighted by atomic mass is 10.1. The Balaban J connectivity index is 1.84. The summed E-state index contributed by atoms with van der Waals surface area (Å²) < 4.78 is 5.59. The zero-order chi connectivity index (χ0) is 16.7. The number of carbonyl (C=O) groups is 1. The molecule has 1 aromatic carbocycles. The minimum Gasteiger partial charge on any atom is -0.374 e. The molecule has 0 atom stereocenters. The first-order valence-electron chi connectivity index (χ1n) is 7.60. The van der Waals surface area contributed by atoms with Gasteiger partial charge >= 0.3 is 0 Å². The van der Waals surface area contributed by atoms with Gasteiger partial charge in [-0.2, -0.15) is 0 Å². The molecule has 0 bridgehead atoms. The van der Waals surface area contributed by atoms with Gasteiger partial charge in [0.15, 0.2) is 0 Å². The fourth-order valence-corrected chi connectivity index (χ4v) is 2.54. The van der Waals surface area contributed by atoms with Crippen molar-refractivity contribution in [3.63, 3.8) is 0 Å². The largest absolute Gasteiger partial charge is 0.374 e. The lowest BCUT2D eigenvalue weighted by Crippen LogP contribution is -2.20. The highest BCUT2D eigenvalue weighted by Crippen LogP contribution is 2.10. The van der Waals surface area contributed by atoms with Crippen molar-refractivity contribution in [2.75, 3.05) is 0 Å². The standard InChI is InChI=1S/C18H22N2O2S/c1-13(2)22-11-16-6-4-5-15(9-16)10-19-18(21)8-7-17-12-23-14(3)20-17/h4-9,12-13H,10-11H2,1-3H3,(H,19,21)/b8-7+. The second-order valence-corrected chi connectivity index (χ2v) is 6.58. The molecule has 1 N–H and O–H groups in total. The molecule has 0 saturated carbocycles. The molecule has 0 unspecified atom stereocenters. The number of hydrogen-bond acceptors (Lipinski definition) is 4. The van der Waals surface area contributed by atoms with E-state index in [0.29, 0.717) is 13.2 Å². The van der Waals surface area contributed by atoms with Crippen LogP contribution in [0.2, 0.25) is 0 Å². The van der Waals surface area contributed by atoms with Crippen molar-refractivity contribution in [1.29, 1.82) is 0 Å². The molecular formula is C18H22N2O2S. The second-order valence-electron chi connectivity index (χ2n) is 5.52. The number of benzene rings is 1. The summed E-state index contributed by atoms with van der Waals surface area (Å²) in [7, 11) is 0. The number of rotatable bonds is 7. The molecule has 0 fully saturated rings. The number of nitrogens with one attached hydrogen (secondary N) is 1. The average molecular weight is 330 g/mol. The van der Waals surface area contributed by atoms with Gasteiger partial charge in [-0.15, -0.1) is 11.3 Å². The highest BCUT2D eigenvalue weighted by atomic mass is 32.1. The van der Waals surface area contributed by atoms with Gasteiger partial charge < -0.3 is 10.1 Å². The van der Waals surface area contributed by atoms with E-state index >= 15 is 0 Å². The van der Waals surface area contributed by atoms with Crippen LogP contribution in [-0.4, -0.2) is 17.0 Å². The Hall–Kier alpha value is -1.98. The van der Waals surface area contributed by atoms with Crippen molar-refractivity contribution >= 4 is 23.3 Å². The highest BCUT2D eigenvalue weighted by Gasteiger charge is 2.01. The maximum atomic E-state index is 11.8. The van der Waals surface area contributed by atoms with Crippen molar-refractivity contribution < 1.29 is 9.53 Å². The zero-order valence-corrected chi connectivity index (χ0v) is 14.5. The van der Waals surface area contributed by atoms with Gasteiger partial charge in [0.1, 0.15) is 0 Å². The molecule has 1 heterocycles. The quantitative estimate of drug-likeness (QED) is 0.788. The van der Waals surface area contributed by atoms with Crippen LogP contribution in [0.1, 0.15) is 35.7 Å². The van der Waals surface area contributed by atoms with Crippen LogP contribution in [0.4, 0.5) is 0 Å². The van der Waals surface area contributed by atoms with Crippen molar-refractivity contribution in [2.24, 2.45) is 0 Å². The van der Waals surface area contributed by atoms with Crippen molar-refractivity contribution in [2.45, 2.75) is 40.0 Å². The minimum absolute atomic E-state index is 0.125. The number of aryl methyl sites for hydroxylation is 1. The third-order valence-electron chi connectivity index (χ3n) is 3.08. The SMILES string of the molecule is Cc1nc(/C=C/C(=O)NCc2cccc(COC(C)C)c2)cs1. The molecule has 1 aromatic heterocycles. The van der Waals surface area contributed by atoms with Crippen LogP contribution in [-0.2, 0) is 22.7 Å². The van der Waals surface area contributed by atoms with Gasteiger partial charge in [0, 0.05) is 18.0 Å². The molecule has 0 radical (unpaired) electrons. The van der Waals surface area contributed by atoms with Crippen LogP contribution >= 0.6 is 11.3 Å². The number of hydrogen-bond donors (Lipinski definition) is 1. The van der Waals surface area contributed by atoms with Crippen LogP contribution in [0.25, 0.3) is 6.08 Å². The van der Waals surface area contributed by atoms with Crippen LogP contribution in [0.5, 0.6) is 0 Å². The molecule has 23 heavy (non-hydrogen) atoms. The van der Waals surface area contributed by atoms with Crippen LogP contribution in [0, 0.1) is 6.92 Å². The first-order chi connectivity index (χ1) is 11.0. The monoisotopic (exact) mass is 330 g/mol. The summed E-state index contributed by atoms with van der Waals surface area (Å²) in [6.07, 6.45) is 3.45. The Morgan fingerprint density at radius 2 is 2.17 bits per heavy atom. The third-order valence-corrected chi connectivity index (χ3v) is 3.88. The summed E-state index contributed by atoms with van der Waals surface area (Å²) in [5, 5.41) is 5.80. The van der Waals surface area contributed by atoms with Crippen molar-refractivity contribution in [1.82, 2.24) is 10.3 Å². The fourth-order valence-electron chi connectivity index (χ4n) is 1.96. The normalized spacial score (nSPS) is 11.3. The molecule has 0 aliphatic rings. The maximum Gasteiger partial charge on any atom is 0.244 e. The Morgan fingerprint density at radius 1 is 1.39 bits per heavy atom. The van der Waals surface area contributed by atoms with E-state index in [1.807, 2.05) is 44.4 Å². The van der Waals surface area contributed by atoms with Crippen LogP contribution in [0.15, 0.2) is 35.7 Å². The van der Waals surface area contributed by atoms with E-state index in [1.54, 1.807) is 17.4 Å². The van der Waals surface area contributed by atoms with Gasteiger partial charge in [-0.25, -0.2) is 4.98 Å². The second kappa shape index (κ2) is 8.60. The third kappa shape index (κ3) is 6.34. The Bertz CT molecular complexity index is 677. The van der Waals surface area contributed by atoms with Gasteiger partial charge in [-0.1, -0.05) is 24.3 Å². The van der Waals surface area contributed by atoms with Gasteiger partial charge in [0.05, 0.1) is 23.4 Å². The summed E-state index contributed by atoms with van der Waals surface area (Å²) in [5.74, 6) is -0.125. The van der Waals surface area contributed by atoms with Gasteiger partial charge in [-0.3, -0.25) is 4.79 Å². The highest BCUT2D eigenvalue weighted by molar-refractivity contribution is 7.09. The Labute approximate surface area is 141 Å². The maximum absolute atomic E-state index is 11.8. The molecule has 5 heteroatoms. The van der Waals surface area contributed by atoms with Crippen LogP contribution < -0.4 is 5.32 Å². The van der Waals surface area contributed by atoms with E-state index in [-0.39, 0.29) is 12.0 Å². The predicted octanol–water partition coefficient (Wildman–Crippen LogP) is 3.71. The van der Waals surface area contributed by atoms with Gasteiger partial charge in [0.25, 0.3) is 0 Å². The lowest BCUT2D eigenvalue weighted by Gasteiger charge is -2.09. The van der Waals surface area contributed by atoms with E-state index in [2.05, 4.69) is 16.4 Å². The van der Waals surface area contributed by atoms with Crippen molar-refractivity contribution in [3.05, 3.63) is 57.6 Å². The van der Waals surface area contributed by atoms with E-state index in [4.69, 9.17) is 4.74 Å². The molecule has 1 amide bonds. The number of thiazole rings is 1. The molecule has 122 valence electrons. The topological polar surface area (TPSA) is 51.2 Å². The Kier molecular flexibility index (Phi) is 6.50. The van der Waals surface area contributed by atoms with E-state index in [0.717, 1.165) is 21.8 Å². The smallest absolute Gasteiger partial charge is 0.244 e. The molecule has 4 nitrogen and oxygen atoms in total. The molecule has 0 aliphatic heterocycles. The molecule has 2 aromatic rings. The van der Waals surface area contributed by atoms with Crippen molar-refractivity contribution in [3.8, 4) is 0 Å². The van der Waals surface area contributed by atoms with Gasteiger partial charge in [-0.05, 0) is 38.0 Å². The average Bonchev–Trinajstić information content (AvgIpc) is 2.95. The summed E-state index contributed by atoms with van der Waals surface area (Å²) in [5.41, 5.74) is 2.98. The number of carbonyl (C=O) groups excluding carboxylic acids is 1. The van der Waals surface area contributed by atoms with E-state index in [9.17, 15) is 4.79 Å². The first kappa shape index (κ1) is 17.4. The predicted molar refractivity (Wildman–Crippen MR) is 94.1 cm³/mol. The summed E-state index contributed by atoms with van der Waals surface area (Å²) >= 11 is 1.57. The van der Waals surface area contributed by atoms with E-state index < -0.39 is 0 Å². The summed E-state index contributed by atoms with van der Waals surface area (Å²) in [4.78, 5) is 16.1. The summed E-state index contributed by atoms with van der Waals surface area (Å²) in [6.45, 7) is 7.05.